The van der Waals surface area contributed by atoms with Gasteiger partial charge < -0.3 is 19.4 Å². The second-order valence-corrected chi connectivity index (χ2v) is 8.48. The van der Waals surface area contributed by atoms with Crippen LogP contribution in [0.1, 0.15) is 5.56 Å². The largest absolute Gasteiger partial charge is 1.00 e. The van der Waals surface area contributed by atoms with E-state index in [2.05, 4.69) is 9.97 Å². The van der Waals surface area contributed by atoms with Crippen LogP contribution in [0.5, 0.6) is 11.6 Å². The van der Waals surface area contributed by atoms with Gasteiger partial charge in [-0.05, 0) is 47.2 Å². The number of hydrogen-bond acceptors (Lipinski definition) is 8. The Balaban J connectivity index is 0.00000370. The van der Waals surface area contributed by atoms with Crippen molar-refractivity contribution in [2.24, 2.45) is 0 Å². The average Bonchev–Trinajstić information content (AvgIpc) is 2.95. The van der Waals surface area contributed by atoms with E-state index in [9.17, 15) is 24.4 Å². The molecule has 0 amide bonds. The number of rotatable bonds is 9. The summed E-state index contributed by atoms with van der Waals surface area (Å²) < 4.78 is 25.2. The van der Waals surface area contributed by atoms with Crippen LogP contribution in [0.3, 0.4) is 0 Å². The number of carbonyl (C=O) groups is 1. The molecule has 9 nitrogen and oxygen atoms in total. The molecule has 11 heteroatoms. The molecule has 4 aromatic carbocycles. The van der Waals surface area contributed by atoms with Gasteiger partial charge in [0.15, 0.2) is 5.82 Å². The Hall–Kier alpha value is -4.38. The standard InChI is InChI=1S/C29H20FN3O6.Na/c30-25-4-2-1-3-22(25)16-39-27-15-26(18-7-10-23(11-8-18)33(36)37)31-29(32-27)21-6-5-20-14-24(38-17-28(34)35)12-9-19(20)13-21;/h1-15H,16-17H2,(H,34,35);/q;+1/p-1. The molecule has 40 heavy (non-hydrogen) atoms. The minimum absolute atomic E-state index is 0. The molecule has 5 rings (SSSR count). The minimum Gasteiger partial charge on any atom is -0.546 e. The minimum atomic E-state index is -1.32. The van der Waals surface area contributed by atoms with Gasteiger partial charge in [-0.25, -0.2) is 9.37 Å². The van der Waals surface area contributed by atoms with E-state index in [0.29, 0.717) is 34.0 Å². The molecular formula is C29H19FN3NaO6. The second-order valence-electron chi connectivity index (χ2n) is 8.48. The average molecular weight is 547 g/mol. The zero-order valence-corrected chi connectivity index (χ0v) is 23.2. The van der Waals surface area contributed by atoms with Gasteiger partial charge in [0.25, 0.3) is 5.69 Å². The predicted octanol–water partition coefficient (Wildman–Crippen LogP) is 1.72. The molecule has 0 N–H and O–H groups in total. The smallest absolute Gasteiger partial charge is 0.546 e. The van der Waals surface area contributed by atoms with Crippen LogP contribution in [0, 0.1) is 15.9 Å². The van der Waals surface area contributed by atoms with Gasteiger partial charge in [-0.2, -0.15) is 4.98 Å². The number of hydrogen-bond donors (Lipinski definition) is 0. The third kappa shape index (κ3) is 6.78. The summed E-state index contributed by atoms with van der Waals surface area (Å²) >= 11 is 0. The Morgan fingerprint density at radius 3 is 2.27 bits per heavy atom. The number of carboxylic acids is 1. The summed E-state index contributed by atoms with van der Waals surface area (Å²) in [6.45, 7) is -0.613. The Morgan fingerprint density at radius 2 is 1.55 bits per heavy atom. The van der Waals surface area contributed by atoms with E-state index in [4.69, 9.17) is 9.47 Å². The van der Waals surface area contributed by atoms with Crippen LogP contribution in [-0.2, 0) is 11.4 Å². The molecular weight excluding hydrogens is 528 g/mol. The maximum absolute atomic E-state index is 14.1. The summed E-state index contributed by atoms with van der Waals surface area (Å²) in [5.74, 6) is -0.806. The first-order valence-corrected chi connectivity index (χ1v) is 11.7. The number of halogens is 1. The van der Waals surface area contributed by atoms with Gasteiger partial charge in [-0.15, -0.1) is 0 Å². The summed E-state index contributed by atoms with van der Waals surface area (Å²) in [6.07, 6.45) is 0. The third-order valence-corrected chi connectivity index (χ3v) is 5.84. The Bertz CT molecular complexity index is 1700. The van der Waals surface area contributed by atoms with Crippen LogP contribution >= 0.6 is 0 Å². The summed E-state index contributed by atoms with van der Waals surface area (Å²) in [5, 5.41) is 23.4. The normalized spacial score (nSPS) is 10.5. The molecule has 0 aliphatic heterocycles. The van der Waals surface area contributed by atoms with E-state index in [0.717, 1.165) is 10.8 Å². The number of nitro benzene ring substituents is 1. The van der Waals surface area contributed by atoms with Crippen LogP contribution < -0.4 is 44.1 Å². The van der Waals surface area contributed by atoms with Gasteiger partial charge in [0.2, 0.25) is 5.88 Å². The fraction of sp³-hybridized carbons (Fsp3) is 0.0690. The van der Waals surface area contributed by atoms with Crippen LogP contribution in [0.4, 0.5) is 10.1 Å². The third-order valence-electron chi connectivity index (χ3n) is 5.84. The Kier molecular flexibility index (Phi) is 9.05. The van der Waals surface area contributed by atoms with Gasteiger partial charge in [-0.3, -0.25) is 10.1 Å². The summed E-state index contributed by atoms with van der Waals surface area (Å²) in [4.78, 5) is 30.5. The molecule has 0 fully saturated rings. The Labute approximate surface area is 249 Å². The molecule has 0 spiro atoms. The van der Waals surface area contributed by atoms with E-state index in [1.54, 1.807) is 60.7 Å². The quantitative estimate of drug-likeness (QED) is 0.155. The molecule has 1 heterocycles. The van der Waals surface area contributed by atoms with E-state index < -0.39 is 23.3 Å². The number of non-ortho nitro benzene ring substituents is 1. The van der Waals surface area contributed by atoms with E-state index in [1.165, 1.54) is 18.2 Å². The van der Waals surface area contributed by atoms with Crippen molar-refractivity contribution < 1.29 is 58.2 Å². The zero-order chi connectivity index (χ0) is 27.4. The van der Waals surface area contributed by atoms with Gasteiger partial charge in [-0.1, -0.05) is 36.4 Å². The molecule has 5 aromatic rings. The first-order valence-electron chi connectivity index (χ1n) is 11.7. The number of carboxylic acid groups (broad SMARTS) is 1. The predicted molar refractivity (Wildman–Crippen MR) is 138 cm³/mol. The molecule has 0 saturated carbocycles. The van der Waals surface area contributed by atoms with Crippen molar-refractivity contribution in [2.45, 2.75) is 6.61 Å². The number of ether oxygens (including phenoxy) is 2. The van der Waals surface area contributed by atoms with Crippen LogP contribution in [0.25, 0.3) is 33.4 Å². The molecule has 0 atom stereocenters. The maximum atomic E-state index is 14.1. The van der Waals surface area contributed by atoms with Crippen molar-refractivity contribution in [1.82, 2.24) is 9.97 Å². The maximum Gasteiger partial charge on any atom is 1.00 e. The molecule has 0 bridgehead atoms. The van der Waals surface area contributed by atoms with Crippen molar-refractivity contribution in [2.75, 3.05) is 6.61 Å². The Morgan fingerprint density at radius 1 is 0.850 bits per heavy atom. The van der Waals surface area contributed by atoms with Crippen LogP contribution in [-0.4, -0.2) is 27.5 Å². The van der Waals surface area contributed by atoms with Gasteiger partial charge in [0.05, 0.1) is 16.6 Å². The molecule has 0 unspecified atom stereocenters. The monoisotopic (exact) mass is 547 g/mol. The van der Waals surface area contributed by atoms with E-state index in [1.807, 2.05) is 12.1 Å². The summed E-state index contributed by atoms with van der Waals surface area (Å²) in [5.41, 5.74) is 2.03. The molecule has 1 aromatic heterocycles. The van der Waals surface area contributed by atoms with Crippen molar-refractivity contribution in [3.05, 3.63) is 112 Å². The number of aromatic nitrogens is 2. The van der Waals surface area contributed by atoms with Crippen LogP contribution in [0.15, 0.2) is 91.0 Å². The first-order chi connectivity index (χ1) is 18.9. The summed E-state index contributed by atoms with van der Waals surface area (Å²) in [7, 11) is 0. The molecule has 0 aliphatic carbocycles. The van der Waals surface area contributed by atoms with Crippen LogP contribution in [0.2, 0.25) is 0 Å². The molecule has 194 valence electrons. The van der Waals surface area contributed by atoms with Gasteiger partial charge >= 0.3 is 29.6 Å². The number of aliphatic carboxylic acids is 1. The number of benzene rings is 4. The van der Waals surface area contributed by atoms with Gasteiger partial charge in [0, 0.05) is 34.9 Å². The molecule has 0 saturated heterocycles. The zero-order valence-electron chi connectivity index (χ0n) is 21.2. The van der Waals surface area contributed by atoms with Crippen molar-refractivity contribution in [3.8, 4) is 34.3 Å². The summed E-state index contributed by atoms with van der Waals surface area (Å²) in [6, 6.07) is 24.4. The molecule has 0 aliphatic rings. The van der Waals surface area contributed by atoms with Gasteiger partial charge in [0.1, 0.15) is 24.8 Å². The van der Waals surface area contributed by atoms with E-state index >= 15 is 0 Å². The SMILES string of the molecule is O=C([O-])COc1ccc2cc(-c3nc(OCc4ccccc4F)cc(-c4ccc([N+](=O)[O-])cc4)n3)ccc2c1.[Na+]. The fourth-order valence-corrected chi connectivity index (χ4v) is 3.89. The fourth-order valence-electron chi connectivity index (χ4n) is 3.89. The van der Waals surface area contributed by atoms with Crippen molar-refractivity contribution >= 4 is 22.4 Å². The van der Waals surface area contributed by atoms with E-state index in [-0.39, 0.29) is 47.7 Å². The number of fused-ring (bicyclic) bond motifs is 1. The first kappa shape index (κ1) is 28.6. The van der Waals surface area contributed by atoms with Crippen molar-refractivity contribution in [3.63, 3.8) is 0 Å². The van der Waals surface area contributed by atoms with Crippen molar-refractivity contribution in [1.29, 1.82) is 0 Å². The topological polar surface area (TPSA) is 128 Å². The second kappa shape index (κ2) is 12.6. The molecule has 0 radical (unpaired) electrons. The number of nitrogens with zero attached hydrogens (tertiary/aromatic N) is 3. The number of carbonyl (C=O) groups excluding carboxylic acids is 1. The number of nitro groups is 1.